The third kappa shape index (κ3) is 3.48. The molecule has 31 heavy (non-hydrogen) atoms. The van der Waals surface area contributed by atoms with E-state index < -0.39 is 28.4 Å². The number of furan rings is 1. The molecule has 8 nitrogen and oxygen atoms in total. The second kappa shape index (κ2) is 7.56. The topological polar surface area (TPSA) is 114 Å². The highest BCUT2D eigenvalue weighted by Gasteiger charge is 2.48. The number of carbonyl (C=O) groups excluding carboxylic acids is 2. The summed E-state index contributed by atoms with van der Waals surface area (Å²) in [5.41, 5.74) is 2.20. The van der Waals surface area contributed by atoms with Gasteiger partial charge in [-0.3, -0.25) is 24.6 Å². The van der Waals surface area contributed by atoms with Crippen molar-refractivity contribution in [3.05, 3.63) is 99.0 Å². The second-order valence-corrected chi connectivity index (χ2v) is 7.33. The lowest BCUT2D eigenvalue weighted by Crippen LogP contribution is -2.29. The number of hydrogen-bond donors (Lipinski definition) is 1. The van der Waals surface area contributed by atoms with Gasteiger partial charge in [-0.1, -0.05) is 6.07 Å². The van der Waals surface area contributed by atoms with Gasteiger partial charge in [-0.15, -0.1) is 0 Å². The van der Waals surface area contributed by atoms with Crippen molar-refractivity contribution in [3.8, 4) is 0 Å². The maximum absolute atomic E-state index is 13.0. The number of carbonyl (C=O) groups is 2. The van der Waals surface area contributed by atoms with Crippen molar-refractivity contribution in [1.82, 2.24) is 0 Å². The molecule has 2 heterocycles. The van der Waals surface area contributed by atoms with Crippen molar-refractivity contribution >= 4 is 28.8 Å². The number of non-ortho nitro benzene ring substituents is 1. The Morgan fingerprint density at radius 3 is 2.26 bits per heavy atom. The number of Topliss-reactive ketones (excluding diaryl/α,β-unsaturated/α-hetero) is 1. The highest BCUT2D eigenvalue weighted by molar-refractivity contribution is 6.51. The highest BCUT2D eigenvalue weighted by atomic mass is 16.6. The van der Waals surface area contributed by atoms with Gasteiger partial charge in [-0.05, 0) is 61.4 Å². The van der Waals surface area contributed by atoms with E-state index in [1.165, 1.54) is 35.4 Å². The zero-order valence-corrected chi connectivity index (χ0v) is 16.7. The van der Waals surface area contributed by atoms with Gasteiger partial charge in [0.25, 0.3) is 17.4 Å². The van der Waals surface area contributed by atoms with Crippen molar-refractivity contribution in [3.63, 3.8) is 0 Å². The SMILES string of the molecule is Cc1cc(C)cc(N2C(=O)C(=O)/C(=C(\O)c3ccc([N+](=O)[O-])cc3)C2c2ccco2)c1. The van der Waals surface area contributed by atoms with E-state index in [2.05, 4.69) is 0 Å². The zero-order chi connectivity index (χ0) is 22.3. The molecule has 0 radical (unpaired) electrons. The Morgan fingerprint density at radius 1 is 1.06 bits per heavy atom. The number of aryl methyl sites for hydroxylation is 2. The van der Waals surface area contributed by atoms with Crippen LogP contribution in [0.5, 0.6) is 0 Å². The van der Waals surface area contributed by atoms with Gasteiger partial charge in [0, 0.05) is 23.4 Å². The van der Waals surface area contributed by atoms with Crippen LogP contribution in [0.1, 0.15) is 28.5 Å². The second-order valence-electron chi connectivity index (χ2n) is 7.33. The summed E-state index contributed by atoms with van der Waals surface area (Å²) in [6.07, 6.45) is 1.42. The molecule has 1 aliphatic rings. The zero-order valence-electron chi connectivity index (χ0n) is 16.7. The van der Waals surface area contributed by atoms with Gasteiger partial charge in [0.1, 0.15) is 17.6 Å². The van der Waals surface area contributed by atoms with Crippen molar-refractivity contribution in [2.45, 2.75) is 19.9 Å². The number of rotatable bonds is 4. The van der Waals surface area contributed by atoms with Crippen LogP contribution in [0, 0.1) is 24.0 Å². The lowest BCUT2D eigenvalue weighted by molar-refractivity contribution is -0.384. The van der Waals surface area contributed by atoms with Gasteiger partial charge in [0.2, 0.25) is 0 Å². The molecule has 0 saturated carbocycles. The first-order chi connectivity index (χ1) is 14.8. The van der Waals surface area contributed by atoms with Gasteiger partial charge < -0.3 is 9.52 Å². The number of amides is 1. The van der Waals surface area contributed by atoms with Crippen LogP contribution in [0.25, 0.3) is 5.76 Å². The first-order valence-corrected chi connectivity index (χ1v) is 9.45. The fraction of sp³-hybridized carbons (Fsp3) is 0.130. The van der Waals surface area contributed by atoms with E-state index in [1.54, 1.807) is 24.3 Å². The van der Waals surface area contributed by atoms with Gasteiger partial charge >= 0.3 is 0 Å². The average molecular weight is 418 g/mol. The molecule has 1 unspecified atom stereocenters. The van der Waals surface area contributed by atoms with Crippen LogP contribution in [0.4, 0.5) is 11.4 Å². The highest BCUT2D eigenvalue weighted by Crippen LogP contribution is 2.42. The number of aliphatic hydroxyl groups is 1. The van der Waals surface area contributed by atoms with E-state index in [1.807, 2.05) is 19.9 Å². The minimum atomic E-state index is -0.980. The van der Waals surface area contributed by atoms with E-state index in [0.717, 1.165) is 11.1 Å². The van der Waals surface area contributed by atoms with Crippen LogP contribution in [0.2, 0.25) is 0 Å². The average Bonchev–Trinajstić information content (AvgIpc) is 3.34. The summed E-state index contributed by atoms with van der Waals surface area (Å²) in [6, 6.07) is 12.9. The molecule has 0 bridgehead atoms. The number of ketones is 1. The summed E-state index contributed by atoms with van der Waals surface area (Å²) < 4.78 is 5.51. The van der Waals surface area contributed by atoms with Gasteiger partial charge in [0.15, 0.2) is 0 Å². The first kappa shape index (κ1) is 20.1. The van der Waals surface area contributed by atoms with Gasteiger partial charge in [-0.25, -0.2) is 0 Å². The van der Waals surface area contributed by atoms with Crippen LogP contribution in [0.15, 0.2) is 70.9 Å². The van der Waals surface area contributed by atoms with Crippen molar-refractivity contribution in [2.75, 3.05) is 4.90 Å². The fourth-order valence-electron chi connectivity index (χ4n) is 3.80. The molecule has 1 amide bonds. The Hall–Kier alpha value is -4.20. The third-order valence-electron chi connectivity index (χ3n) is 5.09. The molecular formula is C23H18N2O6. The predicted molar refractivity (Wildman–Crippen MR) is 113 cm³/mol. The quantitative estimate of drug-likeness (QED) is 0.220. The summed E-state index contributed by atoms with van der Waals surface area (Å²) in [7, 11) is 0. The lowest BCUT2D eigenvalue weighted by Gasteiger charge is -2.24. The summed E-state index contributed by atoms with van der Waals surface area (Å²) in [6.45, 7) is 3.76. The molecular weight excluding hydrogens is 400 g/mol. The van der Waals surface area contributed by atoms with Gasteiger partial charge in [-0.2, -0.15) is 0 Å². The molecule has 1 N–H and O–H groups in total. The number of hydrogen-bond acceptors (Lipinski definition) is 6. The maximum atomic E-state index is 13.0. The third-order valence-corrected chi connectivity index (χ3v) is 5.09. The summed E-state index contributed by atoms with van der Waals surface area (Å²) in [5, 5.41) is 21.9. The summed E-state index contributed by atoms with van der Waals surface area (Å²) in [4.78, 5) is 37.7. The van der Waals surface area contributed by atoms with E-state index in [4.69, 9.17) is 4.42 Å². The van der Waals surface area contributed by atoms with Crippen LogP contribution in [0.3, 0.4) is 0 Å². The minimum Gasteiger partial charge on any atom is -0.507 e. The van der Waals surface area contributed by atoms with Crippen LogP contribution in [-0.4, -0.2) is 21.7 Å². The molecule has 4 rings (SSSR count). The smallest absolute Gasteiger partial charge is 0.300 e. The lowest BCUT2D eigenvalue weighted by atomic mass is 9.99. The number of anilines is 1. The normalized spacial score (nSPS) is 17.9. The molecule has 156 valence electrons. The molecule has 0 aliphatic carbocycles. The summed E-state index contributed by atoms with van der Waals surface area (Å²) in [5.74, 6) is -1.78. The number of nitro groups is 1. The Labute approximate surface area is 177 Å². The molecule has 1 saturated heterocycles. The first-order valence-electron chi connectivity index (χ1n) is 9.45. The van der Waals surface area contributed by atoms with Crippen molar-refractivity contribution in [2.24, 2.45) is 0 Å². The fourth-order valence-corrected chi connectivity index (χ4v) is 3.80. The Balaban J connectivity index is 1.90. The monoisotopic (exact) mass is 418 g/mol. The van der Waals surface area contributed by atoms with Crippen LogP contribution < -0.4 is 4.90 Å². The molecule has 1 atom stereocenters. The predicted octanol–water partition coefficient (Wildman–Crippen LogP) is 4.43. The molecule has 1 aliphatic heterocycles. The number of aliphatic hydroxyl groups excluding tert-OH is 1. The molecule has 0 spiro atoms. The summed E-state index contributed by atoms with van der Waals surface area (Å²) >= 11 is 0. The molecule has 8 heteroatoms. The standard InChI is InChI=1S/C23H18N2O6/c1-13-10-14(2)12-17(11-13)24-20(18-4-3-9-31-18)19(22(27)23(24)28)21(26)15-5-7-16(8-6-15)25(29)30/h3-12,20,26H,1-2H3/b21-19-. The molecule has 1 aromatic heterocycles. The maximum Gasteiger partial charge on any atom is 0.300 e. The number of nitrogens with zero attached hydrogens (tertiary/aromatic N) is 2. The van der Waals surface area contributed by atoms with E-state index in [9.17, 15) is 24.8 Å². The van der Waals surface area contributed by atoms with E-state index in [-0.39, 0.29) is 16.8 Å². The Kier molecular flexibility index (Phi) is 4.90. The number of benzene rings is 2. The van der Waals surface area contributed by atoms with E-state index >= 15 is 0 Å². The molecule has 2 aromatic carbocycles. The van der Waals surface area contributed by atoms with Gasteiger partial charge in [0.05, 0.1) is 16.8 Å². The van der Waals surface area contributed by atoms with Crippen molar-refractivity contribution < 1.29 is 24.0 Å². The minimum absolute atomic E-state index is 0.145. The van der Waals surface area contributed by atoms with E-state index in [0.29, 0.717) is 11.4 Å². The largest absolute Gasteiger partial charge is 0.507 e. The molecule has 3 aromatic rings. The van der Waals surface area contributed by atoms with Crippen molar-refractivity contribution in [1.29, 1.82) is 0 Å². The Bertz CT molecular complexity index is 1210. The van der Waals surface area contributed by atoms with Crippen LogP contribution >= 0.6 is 0 Å². The Morgan fingerprint density at radius 2 is 1.71 bits per heavy atom. The number of nitro benzene ring substituents is 1. The molecule has 1 fully saturated rings. The van der Waals surface area contributed by atoms with Crippen LogP contribution in [-0.2, 0) is 9.59 Å².